The van der Waals surface area contributed by atoms with E-state index in [-0.39, 0.29) is 11.3 Å². The highest BCUT2D eigenvalue weighted by Gasteiger charge is 2.52. The fraction of sp³-hybridized carbons (Fsp3) is 0.500. The summed E-state index contributed by atoms with van der Waals surface area (Å²) in [6.07, 6.45) is 0. The van der Waals surface area contributed by atoms with Gasteiger partial charge in [-0.15, -0.1) is 0 Å². The third-order valence-electron chi connectivity index (χ3n) is 3.88. The molecule has 1 fully saturated rings. The molecule has 0 saturated carbocycles. The molecule has 0 aromatic carbocycles. The number of hydrogen-bond donors (Lipinski definition) is 0. The number of carbonyl (C=O) groups excluding carboxylic acids is 1. The number of nitrogens with zero attached hydrogens (tertiary/aromatic N) is 2. The Kier molecular flexibility index (Phi) is 3.78. The minimum absolute atomic E-state index is 0.114. The van der Waals surface area contributed by atoms with Gasteiger partial charge in [-0.05, 0) is 39.8 Å². The number of pyridine rings is 1. The van der Waals surface area contributed by atoms with Crippen LogP contribution in [-0.2, 0) is 14.0 Å². The molecule has 1 aliphatic rings. The number of aromatic nitrogens is 1. The summed E-state index contributed by atoms with van der Waals surface area (Å²) in [4.78, 5) is 15.8. The van der Waals surface area contributed by atoms with Crippen molar-refractivity contribution in [3.63, 3.8) is 0 Å². The molecule has 7 heteroatoms. The van der Waals surface area contributed by atoms with E-state index in [2.05, 4.69) is 9.72 Å². The lowest BCUT2D eigenvalue weighted by Gasteiger charge is -2.32. The van der Waals surface area contributed by atoms with Gasteiger partial charge in [0.1, 0.15) is 11.8 Å². The van der Waals surface area contributed by atoms with E-state index < -0.39 is 24.3 Å². The maximum atomic E-state index is 11.7. The van der Waals surface area contributed by atoms with Crippen LogP contribution in [0.25, 0.3) is 0 Å². The Bertz CT molecular complexity index is 606. The molecule has 0 radical (unpaired) electrons. The van der Waals surface area contributed by atoms with Crippen LogP contribution in [0.2, 0.25) is 0 Å². The third kappa shape index (κ3) is 2.78. The Hall–Kier alpha value is -1.91. The topological polar surface area (TPSA) is 81.4 Å². The van der Waals surface area contributed by atoms with E-state index in [1.807, 2.05) is 33.8 Å². The maximum Gasteiger partial charge on any atom is 0.514 e. The molecule has 0 N–H and O–H groups in total. The first-order valence-electron chi connectivity index (χ1n) is 6.56. The van der Waals surface area contributed by atoms with Crippen molar-refractivity contribution in [1.82, 2.24) is 4.98 Å². The van der Waals surface area contributed by atoms with E-state index in [1.54, 1.807) is 0 Å². The number of rotatable bonds is 2. The molecule has 110 valence electrons. The summed E-state index contributed by atoms with van der Waals surface area (Å²) >= 11 is 0. The van der Waals surface area contributed by atoms with Gasteiger partial charge in [0.25, 0.3) is 0 Å². The van der Waals surface area contributed by atoms with Crippen molar-refractivity contribution >= 4 is 18.7 Å². The van der Waals surface area contributed by atoms with Crippen LogP contribution in [0.1, 0.15) is 43.7 Å². The molecule has 0 unspecified atom stereocenters. The Balaban J connectivity index is 2.42. The van der Waals surface area contributed by atoms with Gasteiger partial charge in [-0.3, -0.25) is 0 Å². The fourth-order valence-corrected chi connectivity index (χ4v) is 1.93. The van der Waals surface area contributed by atoms with Crippen molar-refractivity contribution in [2.24, 2.45) is 0 Å². The van der Waals surface area contributed by atoms with Crippen molar-refractivity contribution < 1.29 is 18.8 Å². The lowest BCUT2D eigenvalue weighted by atomic mass is 9.83. The molecule has 0 amide bonds. The van der Waals surface area contributed by atoms with Crippen molar-refractivity contribution in [2.45, 2.75) is 38.9 Å². The number of hydrogen-bond acceptors (Lipinski definition) is 6. The minimum atomic E-state index is -0.730. The molecule has 21 heavy (non-hydrogen) atoms. The van der Waals surface area contributed by atoms with E-state index >= 15 is 0 Å². The SMILES string of the molecule is COC(=O)c1cc(C#N)nc(B2OC(C)(C)C(C)(C)O2)c1. The van der Waals surface area contributed by atoms with Gasteiger partial charge in [-0.2, -0.15) is 5.26 Å². The summed E-state index contributed by atoms with van der Waals surface area (Å²) in [5.74, 6) is -0.535. The van der Waals surface area contributed by atoms with Crippen LogP contribution in [0, 0.1) is 11.3 Å². The molecule has 1 aromatic heterocycles. The van der Waals surface area contributed by atoms with Crippen LogP contribution in [0.5, 0.6) is 0 Å². The maximum absolute atomic E-state index is 11.7. The van der Waals surface area contributed by atoms with Crippen molar-refractivity contribution in [2.75, 3.05) is 7.11 Å². The molecule has 2 rings (SSSR count). The first kappa shape index (κ1) is 15.5. The summed E-state index contributed by atoms with van der Waals surface area (Å²) in [5, 5.41) is 9.04. The van der Waals surface area contributed by atoms with Crippen LogP contribution < -0.4 is 5.59 Å². The first-order chi connectivity index (χ1) is 9.70. The van der Waals surface area contributed by atoms with Crippen LogP contribution in [0.4, 0.5) is 0 Å². The number of ether oxygens (including phenoxy) is 1. The Morgan fingerprint density at radius 3 is 2.33 bits per heavy atom. The van der Waals surface area contributed by atoms with E-state index in [0.717, 1.165) is 0 Å². The van der Waals surface area contributed by atoms with Gasteiger partial charge in [0.05, 0.1) is 29.5 Å². The van der Waals surface area contributed by atoms with Gasteiger partial charge in [0.15, 0.2) is 0 Å². The van der Waals surface area contributed by atoms with Crippen LogP contribution in [0.3, 0.4) is 0 Å². The fourth-order valence-electron chi connectivity index (χ4n) is 1.93. The Morgan fingerprint density at radius 2 is 1.86 bits per heavy atom. The van der Waals surface area contributed by atoms with Gasteiger partial charge in [0, 0.05) is 0 Å². The predicted molar refractivity (Wildman–Crippen MR) is 76.0 cm³/mol. The second kappa shape index (κ2) is 5.13. The predicted octanol–water partition coefficient (Wildman–Crippen LogP) is 1.04. The van der Waals surface area contributed by atoms with Crippen molar-refractivity contribution in [3.05, 3.63) is 23.4 Å². The third-order valence-corrected chi connectivity index (χ3v) is 3.88. The van der Waals surface area contributed by atoms with E-state index in [9.17, 15) is 4.79 Å². The summed E-state index contributed by atoms with van der Waals surface area (Å²) < 4.78 is 16.4. The second-order valence-electron chi connectivity index (χ2n) is 5.86. The molecular formula is C14H17BN2O4. The summed E-state index contributed by atoms with van der Waals surface area (Å²) in [6, 6.07) is 4.82. The zero-order chi connectivity index (χ0) is 15.8. The zero-order valence-electron chi connectivity index (χ0n) is 12.8. The molecule has 0 aliphatic carbocycles. The first-order valence-corrected chi connectivity index (χ1v) is 6.56. The molecule has 2 heterocycles. The number of methoxy groups -OCH3 is 1. The molecule has 6 nitrogen and oxygen atoms in total. The highest BCUT2D eigenvalue weighted by atomic mass is 16.7. The Morgan fingerprint density at radius 1 is 1.29 bits per heavy atom. The molecule has 1 saturated heterocycles. The van der Waals surface area contributed by atoms with Crippen molar-refractivity contribution in [1.29, 1.82) is 5.26 Å². The average molecular weight is 288 g/mol. The van der Waals surface area contributed by atoms with E-state index in [1.165, 1.54) is 19.2 Å². The standard InChI is InChI=1S/C14H17BN2O4/c1-13(2)14(3,4)21-15(20-13)11-7-9(12(18)19-5)6-10(8-16)17-11/h6-7H,1-5H3. The van der Waals surface area contributed by atoms with Crippen molar-refractivity contribution in [3.8, 4) is 6.07 Å². The molecule has 0 bridgehead atoms. The molecule has 0 spiro atoms. The molecule has 0 atom stereocenters. The summed E-state index contributed by atoms with van der Waals surface area (Å²) in [6.45, 7) is 7.68. The molecule has 1 aliphatic heterocycles. The van der Waals surface area contributed by atoms with Gasteiger partial charge in [-0.1, -0.05) is 0 Å². The van der Waals surface area contributed by atoms with E-state index in [0.29, 0.717) is 5.59 Å². The normalized spacial score (nSPS) is 19.1. The molecule has 1 aromatic rings. The van der Waals surface area contributed by atoms with Gasteiger partial charge in [-0.25, -0.2) is 9.78 Å². The summed E-state index contributed by atoms with van der Waals surface area (Å²) in [5.41, 5.74) is -0.301. The van der Waals surface area contributed by atoms with E-state index in [4.69, 9.17) is 14.6 Å². The zero-order valence-corrected chi connectivity index (χ0v) is 12.8. The lowest BCUT2D eigenvalue weighted by Crippen LogP contribution is -2.41. The monoisotopic (exact) mass is 288 g/mol. The number of nitriles is 1. The quantitative estimate of drug-likeness (QED) is 0.597. The van der Waals surface area contributed by atoms with Gasteiger partial charge in [0.2, 0.25) is 0 Å². The number of esters is 1. The highest BCUT2D eigenvalue weighted by Crippen LogP contribution is 2.36. The van der Waals surface area contributed by atoms with Crippen LogP contribution in [-0.4, -0.2) is 36.4 Å². The van der Waals surface area contributed by atoms with Crippen LogP contribution >= 0.6 is 0 Å². The Labute approximate surface area is 124 Å². The second-order valence-corrected chi connectivity index (χ2v) is 5.86. The summed E-state index contributed by atoms with van der Waals surface area (Å²) in [7, 11) is 0.551. The number of carbonyl (C=O) groups is 1. The largest absolute Gasteiger partial charge is 0.514 e. The minimum Gasteiger partial charge on any atom is -0.465 e. The average Bonchev–Trinajstić information content (AvgIpc) is 2.66. The smallest absolute Gasteiger partial charge is 0.465 e. The van der Waals surface area contributed by atoms with Gasteiger partial charge >= 0.3 is 13.1 Å². The van der Waals surface area contributed by atoms with Gasteiger partial charge < -0.3 is 14.0 Å². The highest BCUT2D eigenvalue weighted by molar-refractivity contribution is 6.61. The van der Waals surface area contributed by atoms with Crippen LogP contribution in [0.15, 0.2) is 12.1 Å². The molecular weight excluding hydrogens is 271 g/mol. The lowest BCUT2D eigenvalue weighted by molar-refractivity contribution is 0.00578.